The average Bonchev–Trinajstić information content (AvgIpc) is 2.44. The zero-order chi connectivity index (χ0) is 16.4. The van der Waals surface area contributed by atoms with Crippen LogP contribution in [0.3, 0.4) is 0 Å². The maximum atomic E-state index is 12.5. The summed E-state index contributed by atoms with van der Waals surface area (Å²) in [4.78, 5) is 2.48. The highest BCUT2D eigenvalue weighted by Gasteiger charge is 2.30. The molecule has 0 aromatic heterocycles. The van der Waals surface area contributed by atoms with Crippen molar-refractivity contribution in [1.29, 1.82) is 0 Å². The molecule has 1 N–H and O–H groups in total. The Balaban J connectivity index is 1.80. The molecule has 0 spiro atoms. The molecular weight excluding hydrogens is 289 g/mol. The van der Waals surface area contributed by atoms with E-state index in [-0.39, 0.29) is 5.54 Å². The summed E-state index contributed by atoms with van der Waals surface area (Å²) in [5.74, 6) is 0. The van der Waals surface area contributed by atoms with Crippen molar-refractivity contribution in [1.82, 2.24) is 10.2 Å². The molecule has 2 rings (SSSR count). The molecule has 0 aliphatic carbocycles. The molecule has 1 saturated heterocycles. The van der Waals surface area contributed by atoms with Crippen LogP contribution in [-0.2, 0) is 12.7 Å². The number of hydrogen-bond donors (Lipinski definition) is 1. The summed E-state index contributed by atoms with van der Waals surface area (Å²) < 4.78 is 37.5. The predicted molar refractivity (Wildman–Crippen MR) is 82.6 cm³/mol. The number of nitrogens with zero attached hydrogens (tertiary/aromatic N) is 1. The fourth-order valence-corrected chi connectivity index (χ4v) is 2.83. The number of halogens is 3. The summed E-state index contributed by atoms with van der Waals surface area (Å²) in [7, 11) is 0. The van der Waals surface area contributed by atoms with E-state index < -0.39 is 11.7 Å². The van der Waals surface area contributed by atoms with Gasteiger partial charge in [-0.3, -0.25) is 4.90 Å². The highest BCUT2D eigenvalue weighted by Crippen LogP contribution is 2.29. The molecule has 1 heterocycles. The molecular formula is C17H25F3N2. The van der Waals surface area contributed by atoms with E-state index in [0.717, 1.165) is 43.6 Å². The van der Waals surface area contributed by atoms with Crippen molar-refractivity contribution in [3.8, 4) is 0 Å². The fourth-order valence-electron chi connectivity index (χ4n) is 2.83. The van der Waals surface area contributed by atoms with E-state index >= 15 is 0 Å². The van der Waals surface area contributed by atoms with Gasteiger partial charge in [0, 0.05) is 31.2 Å². The number of piperidine rings is 1. The van der Waals surface area contributed by atoms with Gasteiger partial charge >= 0.3 is 6.18 Å². The first kappa shape index (κ1) is 17.3. The summed E-state index contributed by atoms with van der Waals surface area (Å²) in [5.41, 5.74) is 0.513. The predicted octanol–water partition coefficient (Wildman–Crippen LogP) is 4.06. The summed E-state index contributed by atoms with van der Waals surface area (Å²) in [6.07, 6.45) is -2.10. The average molecular weight is 314 g/mol. The minimum atomic E-state index is -4.26. The van der Waals surface area contributed by atoms with Gasteiger partial charge in [0.25, 0.3) is 0 Å². The minimum absolute atomic E-state index is 0.207. The van der Waals surface area contributed by atoms with E-state index in [9.17, 15) is 13.2 Å². The molecule has 0 amide bonds. The lowest BCUT2D eigenvalue weighted by molar-refractivity contribution is -0.137. The van der Waals surface area contributed by atoms with Gasteiger partial charge < -0.3 is 5.32 Å². The van der Waals surface area contributed by atoms with Gasteiger partial charge in [-0.15, -0.1) is 0 Å². The standard InChI is InChI=1S/C17H25F3N2/c1-16(2,3)22-10-8-15(9-11-22)21-12-13-4-6-14(7-5-13)17(18,19)20/h4-7,15,21H,8-12H2,1-3H3. The second-order valence-electron chi connectivity index (χ2n) is 7.01. The van der Waals surface area contributed by atoms with Crippen molar-refractivity contribution in [2.24, 2.45) is 0 Å². The van der Waals surface area contributed by atoms with Crippen molar-refractivity contribution >= 4 is 0 Å². The Morgan fingerprint density at radius 1 is 1.05 bits per heavy atom. The number of rotatable bonds is 3. The van der Waals surface area contributed by atoms with Crippen LogP contribution in [0.15, 0.2) is 24.3 Å². The lowest BCUT2D eigenvalue weighted by Gasteiger charge is -2.41. The van der Waals surface area contributed by atoms with Gasteiger partial charge in [-0.2, -0.15) is 13.2 Å². The molecule has 1 aromatic rings. The Morgan fingerprint density at radius 2 is 1.59 bits per heavy atom. The van der Waals surface area contributed by atoms with Crippen molar-refractivity contribution in [3.63, 3.8) is 0 Å². The maximum Gasteiger partial charge on any atom is 0.416 e. The number of nitrogens with one attached hydrogen (secondary N) is 1. The van der Waals surface area contributed by atoms with E-state index in [4.69, 9.17) is 0 Å². The van der Waals surface area contributed by atoms with Crippen molar-refractivity contribution in [3.05, 3.63) is 35.4 Å². The van der Waals surface area contributed by atoms with E-state index in [1.165, 1.54) is 0 Å². The summed E-state index contributed by atoms with van der Waals surface area (Å²) in [6.45, 7) is 9.43. The maximum absolute atomic E-state index is 12.5. The molecule has 1 aliphatic heterocycles. The van der Waals surface area contributed by atoms with Crippen LogP contribution in [0.4, 0.5) is 13.2 Å². The summed E-state index contributed by atoms with van der Waals surface area (Å²) >= 11 is 0. The van der Waals surface area contributed by atoms with Crippen LogP contribution >= 0.6 is 0 Å². The van der Waals surface area contributed by atoms with E-state index in [1.54, 1.807) is 12.1 Å². The van der Waals surface area contributed by atoms with Crippen LogP contribution in [0.25, 0.3) is 0 Å². The first-order chi connectivity index (χ1) is 10.2. The molecule has 0 bridgehead atoms. The second kappa shape index (κ2) is 6.59. The first-order valence-corrected chi connectivity index (χ1v) is 7.81. The van der Waals surface area contributed by atoms with Gasteiger partial charge in [0.15, 0.2) is 0 Å². The number of likely N-dealkylation sites (tertiary alicyclic amines) is 1. The molecule has 0 radical (unpaired) electrons. The largest absolute Gasteiger partial charge is 0.416 e. The molecule has 124 valence electrons. The molecule has 5 heteroatoms. The van der Waals surface area contributed by atoms with Crippen molar-refractivity contribution in [2.45, 2.75) is 57.9 Å². The third kappa shape index (κ3) is 4.71. The Hall–Kier alpha value is -1.07. The van der Waals surface area contributed by atoms with Gasteiger partial charge in [-0.1, -0.05) is 12.1 Å². The molecule has 0 saturated carbocycles. The summed E-state index contributed by atoms with van der Waals surface area (Å²) in [6, 6.07) is 5.86. The highest BCUT2D eigenvalue weighted by atomic mass is 19.4. The van der Waals surface area contributed by atoms with E-state index in [2.05, 4.69) is 31.0 Å². The van der Waals surface area contributed by atoms with Crippen LogP contribution in [0.5, 0.6) is 0 Å². The van der Waals surface area contributed by atoms with Crippen molar-refractivity contribution < 1.29 is 13.2 Å². The van der Waals surface area contributed by atoms with E-state index in [0.29, 0.717) is 12.6 Å². The van der Waals surface area contributed by atoms with Crippen LogP contribution < -0.4 is 5.32 Å². The number of alkyl halides is 3. The smallest absolute Gasteiger partial charge is 0.310 e. The van der Waals surface area contributed by atoms with Gasteiger partial charge in [-0.25, -0.2) is 0 Å². The van der Waals surface area contributed by atoms with Gasteiger partial charge in [-0.05, 0) is 51.3 Å². The molecule has 2 nitrogen and oxygen atoms in total. The quantitative estimate of drug-likeness (QED) is 0.905. The van der Waals surface area contributed by atoms with Crippen LogP contribution in [-0.4, -0.2) is 29.6 Å². The lowest BCUT2D eigenvalue weighted by Crippen LogP contribution is -2.49. The highest BCUT2D eigenvalue weighted by molar-refractivity contribution is 5.24. The monoisotopic (exact) mass is 314 g/mol. The third-order valence-corrected chi connectivity index (χ3v) is 4.32. The van der Waals surface area contributed by atoms with Gasteiger partial charge in [0.2, 0.25) is 0 Å². The van der Waals surface area contributed by atoms with Gasteiger partial charge in [0.05, 0.1) is 5.56 Å². The topological polar surface area (TPSA) is 15.3 Å². The molecule has 1 aliphatic rings. The van der Waals surface area contributed by atoms with Crippen LogP contribution in [0.1, 0.15) is 44.7 Å². The fraction of sp³-hybridized carbons (Fsp3) is 0.647. The van der Waals surface area contributed by atoms with Gasteiger partial charge in [0.1, 0.15) is 0 Å². The molecule has 1 aromatic carbocycles. The Bertz CT molecular complexity index is 466. The minimum Gasteiger partial charge on any atom is -0.310 e. The number of benzene rings is 1. The number of hydrogen-bond acceptors (Lipinski definition) is 2. The van der Waals surface area contributed by atoms with E-state index in [1.807, 2.05) is 0 Å². The zero-order valence-electron chi connectivity index (χ0n) is 13.5. The third-order valence-electron chi connectivity index (χ3n) is 4.32. The summed E-state index contributed by atoms with van der Waals surface area (Å²) in [5, 5.41) is 3.46. The van der Waals surface area contributed by atoms with Crippen LogP contribution in [0.2, 0.25) is 0 Å². The Labute approximate surface area is 130 Å². The normalized spacial score (nSPS) is 18.6. The second-order valence-corrected chi connectivity index (χ2v) is 7.01. The van der Waals surface area contributed by atoms with Crippen LogP contribution in [0, 0.1) is 0 Å². The Morgan fingerprint density at radius 3 is 2.05 bits per heavy atom. The first-order valence-electron chi connectivity index (χ1n) is 7.81. The van der Waals surface area contributed by atoms with Crippen molar-refractivity contribution in [2.75, 3.05) is 13.1 Å². The SMILES string of the molecule is CC(C)(C)N1CCC(NCc2ccc(C(F)(F)F)cc2)CC1. The molecule has 1 fully saturated rings. The Kier molecular flexibility index (Phi) is 5.17. The molecule has 22 heavy (non-hydrogen) atoms. The molecule has 0 atom stereocenters. The lowest BCUT2D eigenvalue weighted by atomic mass is 9.98. The molecule has 0 unspecified atom stereocenters. The zero-order valence-corrected chi connectivity index (χ0v) is 13.5.